The van der Waals surface area contributed by atoms with Crippen LogP contribution in [0.1, 0.15) is 32.1 Å². The van der Waals surface area contributed by atoms with Gasteiger partial charge in [0.05, 0.1) is 0 Å². The minimum atomic E-state index is -0.487. The Hall–Kier alpha value is -1.65. The summed E-state index contributed by atoms with van der Waals surface area (Å²) in [5.41, 5.74) is 0. The molecule has 1 aliphatic rings. The molecule has 1 aliphatic carbocycles. The second kappa shape index (κ2) is 7.56. The Bertz CT molecular complexity index is 591. The van der Waals surface area contributed by atoms with Gasteiger partial charge < -0.3 is 15.2 Å². The second-order valence-corrected chi connectivity index (χ2v) is 6.06. The Labute approximate surface area is 131 Å². The average molecular weight is 300 g/mol. The minimum Gasteiger partial charge on any atom is -0.490 e. The SMILES string of the molecule is O[C@H](CNC1CCCCC1)COc1cccc2cnccc12. The standard InChI is InChI=1S/C18H24N2O2/c21-16(12-20-15-6-2-1-3-7-15)13-22-18-8-4-5-14-11-19-10-9-17(14)18/h4-5,8-11,15-16,20-21H,1-3,6-7,12-13H2/t16-/m1/s1. The number of benzene rings is 1. The molecule has 4 heteroatoms. The highest BCUT2D eigenvalue weighted by molar-refractivity contribution is 5.87. The van der Waals surface area contributed by atoms with E-state index in [0.717, 1.165) is 16.5 Å². The predicted molar refractivity (Wildman–Crippen MR) is 88.1 cm³/mol. The van der Waals surface area contributed by atoms with Gasteiger partial charge in [0.15, 0.2) is 0 Å². The molecule has 4 nitrogen and oxygen atoms in total. The van der Waals surface area contributed by atoms with Crippen molar-refractivity contribution in [3.8, 4) is 5.75 Å². The highest BCUT2D eigenvalue weighted by Crippen LogP contribution is 2.24. The molecule has 0 saturated heterocycles. The molecule has 118 valence electrons. The monoisotopic (exact) mass is 300 g/mol. The largest absolute Gasteiger partial charge is 0.490 e. The van der Waals surface area contributed by atoms with Crippen LogP contribution in [0.15, 0.2) is 36.7 Å². The average Bonchev–Trinajstić information content (AvgIpc) is 2.59. The van der Waals surface area contributed by atoms with Crippen LogP contribution >= 0.6 is 0 Å². The molecule has 3 rings (SSSR count). The van der Waals surface area contributed by atoms with E-state index in [0.29, 0.717) is 19.2 Å². The Morgan fingerprint density at radius 2 is 2.09 bits per heavy atom. The number of nitrogens with one attached hydrogen (secondary N) is 1. The van der Waals surface area contributed by atoms with Crippen LogP contribution in [-0.2, 0) is 0 Å². The van der Waals surface area contributed by atoms with E-state index >= 15 is 0 Å². The first kappa shape index (κ1) is 15.3. The molecule has 0 aliphatic heterocycles. The molecule has 1 saturated carbocycles. The van der Waals surface area contributed by atoms with E-state index in [2.05, 4.69) is 10.3 Å². The van der Waals surface area contributed by atoms with Gasteiger partial charge in [-0.3, -0.25) is 4.98 Å². The fraction of sp³-hybridized carbons (Fsp3) is 0.500. The Balaban J connectivity index is 1.50. The molecular formula is C18H24N2O2. The van der Waals surface area contributed by atoms with Crippen molar-refractivity contribution in [1.29, 1.82) is 0 Å². The summed E-state index contributed by atoms with van der Waals surface area (Å²) in [6.45, 7) is 0.901. The smallest absolute Gasteiger partial charge is 0.127 e. The third kappa shape index (κ3) is 3.96. The lowest BCUT2D eigenvalue weighted by molar-refractivity contribution is 0.102. The van der Waals surface area contributed by atoms with Crippen molar-refractivity contribution in [2.45, 2.75) is 44.2 Å². The summed E-state index contributed by atoms with van der Waals surface area (Å²) in [5.74, 6) is 0.802. The van der Waals surface area contributed by atoms with Crippen LogP contribution in [0.3, 0.4) is 0 Å². The normalized spacial score (nSPS) is 17.5. The fourth-order valence-electron chi connectivity index (χ4n) is 3.07. The Kier molecular flexibility index (Phi) is 5.24. The molecular weight excluding hydrogens is 276 g/mol. The van der Waals surface area contributed by atoms with Crippen LogP contribution < -0.4 is 10.1 Å². The molecule has 1 aromatic carbocycles. The number of nitrogens with zero attached hydrogens (tertiary/aromatic N) is 1. The molecule has 2 N–H and O–H groups in total. The van der Waals surface area contributed by atoms with Gasteiger partial charge >= 0.3 is 0 Å². The van der Waals surface area contributed by atoms with Crippen molar-refractivity contribution in [2.75, 3.05) is 13.2 Å². The number of ether oxygens (including phenoxy) is 1. The molecule has 0 unspecified atom stereocenters. The maximum absolute atomic E-state index is 10.1. The first-order chi connectivity index (χ1) is 10.8. The summed E-state index contributed by atoms with van der Waals surface area (Å²) < 4.78 is 5.80. The van der Waals surface area contributed by atoms with Crippen LogP contribution in [0.2, 0.25) is 0 Å². The Morgan fingerprint density at radius 1 is 1.23 bits per heavy atom. The van der Waals surface area contributed by atoms with Gasteiger partial charge in [-0.05, 0) is 25.0 Å². The van der Waals surface area contributed by atoms with Gasteiger partial charge in [-0.1, -0.05) is 31.4 Å². The van der Waals surface area contributed by atoms with Crippen molar-refractivity contribution in [2.24, 2.45) is 0 Å². The van der Waals surface area contributed by atoms with Gasteiger partial charge in [-0.2, -0.15) is 0 Å². The fourth-order valence-corrected chi connectivity index (χ4v) is 3.07. The second-order valence-electron chi connectivity index (χ2n) is 6.06. The van der Waals surface area contributed by atoms with Gasteiger partial charge in [0.1, 0.15) is 18.5 Å². The van der Waals surface area contributed by atoms with Crippen LogP contribution in [-0.4, -0.2) is 35.4 Å². The topological polar surface area (TPSA) is 54.4 Å². The maximum atomic E-state index is 10.1. The summed E-state index contributed by atoms with van der Waals surface area (Å²) in [7, 11) is 0. The van der Waals surface area contributed by atoms with Crippen LogP contribution in [0, 0.1) is 0 Å². The summed E-state index contributed by atoms with van der Waals surface area (Å²) in [6.07, 6.45) is 9.49. The van der Waals surface area contributed by atoms with E-state index in [1.165, 1.54) is 32.1 Å². The van der Waals surface area contributed by atoms with Crippen LogP contribution in [0.25, 0.3) is 10.8 Å². The lowest BCUT2D eigenvalue weighted by Gasteiger charge is -2.24. The zero-order valence-electron chi connectivity index (χ0n) is 12.9. The number of aliphatic hydroxyl groups is 1. The highest BCUT2D eigenvalue weighted by atomic mass is 16.5. The molecule has 0 spiro atoms. The van der Waals surface area contributed by atoms with E-state index in [4.69, 9.17) is 4.74 Å². The Morgan fingerprint density at radius 3 is 2.95 bits per heavy atom. The van der Waals surface area contributed by atoms with Crippen LogP contribution in [0.5, 0.6) is 5.75 Å². The molecule has 0 amide bonds. The zero-order valence-corrected chi connectivity index (χ0v) is 12.9. The number of rotatable bonds is 6. The van der Waals surface area contributed by atoms with E-state index < -0.39 is 6.10 Å². The molecule has 1 fully saturated rings. The van der Waals surface area contributed by atoms with E-state index in [-0.39, 0.29) is 0 Å². The quantitative estimate of drug-likeness (QED) is 0.861. The minimum absolute atomic E-state index is 0.307. The van der Waals surface area contributed by atoms with Gasteiger partial charge in [-0.15, -0.1) is 0 Å². The summed E-state index contributed by atoms with van der Waals surface area (Å²) in [5, 5.41) is 15.7. The number of aliphatic hydroxyl groups excluding tert-OH is 1. The molecule has 1 aromatic heterocycles. The van der Waals surface area contributed by atoms with Gasteiger partial charge in [0, 0.05) is 35.8 Å². The predicted octanol–water partition coefficient (Wildman–Crippen LogP) is 2.90. The molecule has 1 heterocycles. The third-order valence-electron chi connectivity index (χ3n) is 4.32. The van der Waals surface area contributed by atoms with E-state index in [1.54, 1.807) is 6.20 Å². The first-order valence-corrected chi connectivity index (χ1v) is 8.20. The van der Waals surface area contributed by atoms with E-state index in [1.807, 2.05) is 30.5 Å². The van der Waals surface area contributed by atoms with Crippen molar-refractivity contribution in [3.05, 3.63) is 36.7 Å². The van der Waals surface area contributed by atoms with Gasteiger partial charge in [0.25, 0.3) is 0 Å². The van der Waals surface area contributed by atoms with E-state index in [9.17, 15) is 5.11 Å². The zero-order chi connectivity index (χ0) is 15.2. The van der Waals surface area contributed by atoms with Crippen molar-refractivity contribution < 1.29 is 9.84 Å². The molecule has 22 heavy (non-hydrogen) atoms. The lowest BCUT2D eigenvalue weighted by atomic mass is 9.95. The van der Waals surface area contributed by atoms with Crippen LogP contribution in [0.4, 0.5) is 0 Å². The van der Waals surface area contributed by atoms with Crippen molar-refractivity contribution in [3.63, 3.8) is 0 Å². The highest BCUT2D eigenvalue weighted by Gasteiger charge is 2.14. The lowest BCUT2D eigenvalue weighted by Crippen LogP contribution is -2.38. The number of hydrogen-bond acceptors (Lipinski definition) is 4. The third-order valence-corrected chi connectivity index (χ3v) is 4.32. The molecule has 2 aromatic rings. The summed E-state index contributed by atoms with van der Waals surface area (Å²) in [6, 6.07) is 8.40. The number of fused-ring (bicyclic) bond motifs is 1. The van der Waals surface area contributed by atoms with Gasteiger partial charge in [0.2, 0.25) is 0 Å². The molecule has 0 bridgehead atoms. The summed E-state index contributed by atoms with van der Waals surface area (Å²) >= 11 is 0. The maximum Gasteiger partial charge on any atom is 0.127 e. The molecule has 1 atom stereocenters. The van der Waals surface area contributed by atoms with Crippen molar-refractivity contribution in [1.82, 2.24) is 10.3 Å². The molecule has 0 radical (unpaired) electrons. The number of aromatic nitrogens is 1. The summed E-state index contributed by atoms with van der Waals surface area (Å²) in [4.78, 5) is 4.12. The number of pyridine rings is 1. The van der Waals surface area contributed by atoms with Gasteiger partial charge in [-0.25, -0.2) is 0 Å². The van der Waals surface area contributed by atoms with Crippen molar-refractivity contribution >= 4 is 10.8 Å². The first-order valence-electron chi connectivity index (χ1n) is 8.20. The number of hydrogen-bond donors (Lipinski definition) is 2.